The smallest absolute Gasteiger partial charge is 0.156 e. The van der Waals surface area contributed by atoms with Gasteiger partial charge in [0.15, 0.2) is 5.17 Å². The van der Waals surface area contributed by atoms with Crippen molar-refractivity contribution in [2.24, 2.45) is 4.99 Å². The highest BCUT2D eigenvalue weighted by atomic mass is 32.2. The van der Waals surface area contributed by atoms with Gasteiger partial charge in [-0.3, -0.25) is 4.99 Å². The maximum atomic E-state index is 4.38. The first kappa shape index (κ1) is 10.1. The van der Waals surface area contributed by atoms with Crippen LogP contribution in [0.5, 0.6) is 0 Å². The van der Waals surface area contributed by atoms with Crippen LogP contribution in [0.1, 0.15) is 12.5 Å². The molecule has 0 aromatic carbocycles. The Morgan fingerprint density at radius 2 is 2.57 bits per heavy atom. The van der Waals surface area contributed by atoms with Crippen LogP contribution in [0.3, 0.4) is 0 Å². The van der Waals surface area contributed by atoms with E-state index in [0.717, 1.165) is 23.9 Å². The van der Waals surface area contributed by atoms with Crippen LogP contribution >= 0.6 is 23.1 Å². The van der Waals surface area contributed by atoms with Crippen LogP contribution in [-0.4, -0.2) is 23.5 Å². The number of hydrogen-bond donors (Lipinski definition) is 1. The van der Waals surface area contributed by atoms with E-state index >= 15 is 0 Å². The van der Waals surface area contributed by atoms with Crippen LogP contribution in [-0.2, 0) is 6.42 Å². The molecule has 1 aromatic rings. The summed E-state index contributed by atoms with van der Waals surface area (Å²) in [7, 11) is 0. The fraction of sp³-hybridized carbons (Fsp3) is 0.500. The minimum Gasteiger partial charge on any atom is -0.362 e. The van der Waals surface area contributed by atoms with E-state index in [0.29, 0.717) is 6.04 Å². The van der Waals surface area contributed by atoms with Crippen molar-refractivity contribution in [2.45, 2.75) is 19.4 Å². The lowest BCUT2D eigenvalue weighted by atomic mass is 10.1. The maximum Gasteiger partial charge on any atom is 0.156 e. The lowest BCUT2D eigenvalue weighted by Gasteiger charge is -2.13. The summed E-state index contributed by atoms with van der Waals surface area (Å²) >= 11 is 3.59. The third-order valence-electron chi connectivity index (χ3n) is 2.08. The normalized spacial score (nSPS) is 17.9. The zero-order valence-corrected chi connectivity index (χ0v) is 9.83. The number of thiophene rings is 1. The Balaban J connectivity index is 1.81. The fourth-order valence-electron chi connectivity index (χ4n) is 1.45. The molecule has 0 fully saturated rings. The van der Waals surface area contributed by atoms with Crippen molar-refractivity contribution in [1.82, 2.24) is 5.32 Å². The predicted molar refractivity (Wildman–Crippen MR) is 65.4 cm³/mol. The summed E-state index contributed by atoms with van der Waals surface area (Å²) in [5, 5.41) is 8.89. The number of amidine groups is 1. The van der Waals surface area contributed by atoms with E-state index in [2.05, 4.69) is 34.1 Å². The summed E-state index contributed by atoms with van der Waals surface area (Å²) < 4.78 is 0. The Bertz CT molecular complexity index is 306. The summed E-state index contributed by atoms with van der Waals surface area (Å²) in [6.07, 6.45) is 1.09. The van der Waals surface area contributed by atoms with E-state index in [9.17, 15) is 0 Å². The standard InChI is InChI=1S/C10H14N2S2/c1-8(6-9-2-4-13-7-9)12-10-11-3-5-14-10/h2,4,7-8H,3,5-6H2,1H3,(H,11,12). The summed E-state index contributed by atoms with van der Waals surface area (Å²) in [4.78, 5) is 4.38. The molecule has 1 aliphatic rings. The Morgan fingerprint density at radius 1 is 1.64 bits per heavy atom. The first-order valence-corrected chi connectivity index (χ1v) is 6.72. The van der Waals surface area contributed by atoms with E-state index < -0.39 is 0 Å². The SMILES string of the molecule is CC(Cc1ccsc1)NC1=NCCS1. The molecule has 0 bridgehead atoms. The largest absolute Gasteiger partial charge is 0.362 e. The van der Waals surface area contributed by atoms with Crippen molar-refractivity contribution in [3.05, 3.63) is 22.4 Å². The highest BCUT2D eigenvalue weighted by Gasteiger charge is 2.10. The van der Waals surface area contributed by atoms with Gasteiger partial charge in [0.25, 0.3) is 0 Å². The number of aliphatic imine (C=N–C) groups is 1. The van der Waals surface area contributed by atoms with E-state index in [4.69, 9.17) is 0 Å². The molecule has 0 saturated heterocycles. The summed E-state index contributed by atoms with van der Waals surface area (Å²) in [5.41, 5.74) is 1.42. The Labute approximate surface area is 92.8 Å². The summed E-state index contributed by atoms with van der Waals surface area (Å²) in [6, 6.07) is 2.67. The fourth-order valence-corrected chi connectivity index (χ4v) is 2.97. The van der Waals surface area contributed by atoms with Crippen molar-refractivity contribution in [3.8, 4) is 0 Å². The van der Waals surface area contributed by atoms with Crippen molar-refractivity contribution in [1.29, 1.82) is 0 Å². The molecule has 76 valence electrons. The minimum absolute atomic E-state index is 0.481. The minimum atomic E-state index is 0.481. The zero-order valence-electron chi connectivity index (χ0n) is 8.19. The Morgan fingerprint density at radius 3 is 3.21 bits per heavy atom. The van der Waals surface area contributed by atoms with Crippen LogP contribution in [0.2, 0.25) is 0 Å². The molecule has 2 nitrogen and oxygen atoms in total. The highest BCUT2D eigenvalue weighted by Crippen LogP contribution is 2.12. The third kappa shape index (κ3) is 2.75. The lowest BCUT2D eigenvalue weighted by Crippen LogP contribution is -2.31. The van der Waals surface area contributed by atoms with E-state index in [1.165, 1.54) is 5.56 Å². The molecule has 0 amide bonds. The summed E-state index contributed by atoms with van der Waals surface area (Å²) in [6.45, 7) is 3.18. The van der Waals surface area contributed by atoms with E-state index in [-0.39, 0.29) is 0 Å². The molecule has 14 heavy (non-hydrogen) atoms. The number of nitrogens with one attached hydrogen (secondary N) is 1. The number of thioether (sulfide) groups is 1. The molecule has 1 aliphatic heterocycles. The van der Waals surface area contributed by atoms with Gasteiger partial charge in [-0.1, -0.05) is 11.8 Å². The van der Waals surface area contributed by atoms with E-state index in [1.807, 2.05) is 11.8 Å². The molecule has 1 aromatic heterocycles. The van der Waals surface area contributed by atoms with Gasteiger partial charge in [0.05, 0.1) is 6.54 Å². The van der Waals surface area contributed by atoms with Crippen LogP contribution in [0, 0.1) is 0 Å². The molecule has 0 aliphatic carbocycles. The van der Waals surface area contributed by atoms with Gasteiger partial charge in [-0.05, 0) is 35.7 Å². The first-order valence-electron chi connectivity index (χ1n) is 4.79. The first-order chi connectivity index (χ1) is 6.84. The van der Waals surface area contributed by atoms with Gasteiger partial charge in [-0.25, -0.2) is 0 Å². The average Bonchev–Trinajstić information content (AvgIpc) is 2.76. The lowest BCUT2D eigenvalue weighted by molar-refractivity contribution is 0.666. The Hall–Kier alpha value is -0.480. The number of rotatable bonds is 3. The molecule has 0 saturated carbocycles. The number of hydrogen-bond acceptors (Lipinski definition) is 4. The maximum absolute atomic E-state index is 4.38. The predicted octanol–water partition coefficient (Wildman–Crippen LogP) is 2.37. The molecule has 0 spiro atoms. The number of nitrogens with zero attached hydrogens (tertiary/aromatic N) is 1. The summed E-state index contributed by atoms with van der Waals surface area (Å²) in [5.74, 6) is 1.13. The van der Waals surface area contributed by atoms with Gasteiger partial charge in [-0.15, -0.1) is 0 Å². The van der Waals surface area contributed by atoms with Gasteiger partial charge in [-0.2, -0.15) is 11.3 Å². The third-order valence-corrected chi connectivity index (χ3v) is 3.72. The zero-order chi connectivity index (χ0) is 9.80. The Kier molecular flexibility index (Phi) is 3.48. The second-order valence-electron chi connectivity index (χ2n) is 3.42. The van der Waals surface area contributed by atoms with Gasteiger partial charge in [0.1, 0.15) is 0 Å². The van der Waals surface area contributed by atoms with Crippen LogP contribution in [0.25, 0.3) is 0 Å². The van der Waals surface area contributed by atoms with E-state index in [1.54, 1.807) is 11.3 Å². The van der Waals surface area contributed by atoms with Gasteiger partial charge in [0, 0.05) is 11.8 Å². The molecule has 1 atom stereocenters. The quantitative estimate of drug-likeness (QED) is 0.855. The molecular formula is C10H14N2S2. The molecule has 2 heterocycles. The monoisotopic (exact) mass is 226 g/mol. The molecule has 0 radical (unpaired) electrons. The molecular weight excluding hydrogens is 212 g/mol. The molecule has 4 heteroatoms. The van der Waals surface area contributed by atoms with Crippen molar-refractivity contribution < 1.29 is 0 Å². The van der Waals surface area contributed by atoms with Crippen LogP contribution in [0.4, 0.5) is 0 Å². The highest BCUT2D eigenvalue weighted by molar-refractivity contribution is 8.14. The van der Waals surface area contributed by atoms with Crippen LogP contribution in [0.15, 0.2) is 21.8 Å². The average molecular weight is 226 g/mol. The second kappa shape index (κ2) is 4.84. The van der Waals surface area contributed by atoms with Crippen molar-refractivity contribution in [2.75, 3.05) is 12.3 Å². The van der Waals surface area contributed by atoms with Crippen molar-refractivity contribution in [3.63, 3.8) is 0 Å². The van der Waals surface area contributed by atoms with Gasteiger partial charge in [0.2, 0.25) is 0 Å². The topological polar surface area (TPSA) is 24.4 Å². The van der Waals surface area contributed by atoms with Crippen molar-refractivity contribution >= 4 is 28.3 Å². The molecule has 2 rings (SSSR count). The van der Waals surface area contributed by atoms with Crippen LogP contribution < -0.4 is 5.32 Å². The molecule has 1 N–H and O–H groups in total. The van der Waals surface area contributed by atoms with Gasteiger partial charge >= 0.3 is 0 Å². The molecule has 1 unspecified atom stereocenters. The second-order valence-corrected chi connectivity index (χ2v) is 5.28. The van der Waals surface area contributed by atoms with Gasteiger partial charge < -0.3 is 5.32 Å².